The number of nitrogens with one attached hydrogen (secondary N) is 1. The van der Waals surface area contributed by atoms with Gasteiger partial charge < -0.3 is 10.1 Å². The first-order valence-corrected chi connectivity index (χ1v) is 12.1. The average Bonchev–Trinajstić information content (AvgIpc) is 2.85. The van der Waals surface area contributed by atoms with Gasteiger partial charge in [0.05, 0.1) is 17.1 Å². The van der Waals surface area contributed by atoms with Gasteiger partial charge in [-0.2, -0.15) is 9.78 Å². The molecule has 9 heteroatoms. The van der Waals surface area contributed by atoms with Crippen molar-refractivity contribution in [2.45, 2.75) is 19.8 Å². The maximum Gasteiger partial charge on any atom is 0.282 e. The molecule has 4 rings (SSSR count). The number of anilines is 1. The summed E-state index contributed by atoms with van der Waals surface area (Å²) < 4.78 is 7.85. The predicted molar refractivity (Wildman–Crippen MR) is 143 cm³/mol. The van der Waals surface area contributed by atoms with Crippen LogP contribution in [-0.4, -0.2) is 28.4 Å². The summed E-state index contributed by atoms with van der Waals surface area (Å²) in [5, 5.41) is 8.26. The van der Waals surface area contributed by atoms with E-state index in [1.54, 1.807) is 54.7 Å². The number of hydrogen-bond donors (Lipinski definition) is 1. The summed E-state index contributed by atoms with van der Waals surface area (Å²) in [5.74, 6) is 0.721. The van der Waals surface area contributed by atoms with E-state index < -0.39 is 0 Å². The van der Waals surface area contributed by atoms with Crippen molar-refractivity contribution in [3.05, 3.63) is 98.0 Å². The zero-order chi connectivity index (χ0) is 24.8. The molecule has 0 radical (unpaired) electrons. The Hall–Kier alpha value is -3.49. The van der Waals surface area contributed by atoms with Crippen LogP contribution in [0.25, 0.3) is 10.9 Å². The number of aryl methyl sites for hydroxylation is 1. The second-order valence-corrected chi connectivity index (χ2v) is 9.03. The Morgan fingerprint density at radius 2 is 1.94 bits per heavy atom. The number of halogens is 2. The highest BCUT2D eigenvalue weighted by Crippen LogP contribution is 2.19. The Labute approximate surface area is 215 Å². The standard InChI is InChI=1S/C26H22BrClN4O3/c1-2-5-24-31-22-13-8-18(27)14-21(22)26(34)32(24)29-15-17-6-3-4-7-23(17)35-16-25(33)30-20-11-9-19(28)10-12-20/h3-4,6-15H,2,5,16H2,1H3,(H,30,33). The number of para-hydroxylation sites is 1. The summed E-state index contributed by atoms with van der Waals surface area (Å²) in [7, 11) is 0. The molecule has 0 fully saturated rings. The summed E-state index contributed by atoms with van der Waals surface area (Å²) >= 11 is 9.29. The third kappa shape index (κ3) is 6.15. The van der Waals surface area contributed by atoms with Crippen LogP contribution >= 0.6 is 27.5 Å². The van der Waals surface area contributed by atoms with E-state index in [9.17, 15) is 9.59 Å². The van der Waals surface area contributed by atoms with E-state index in [0.717, 1.165) is 10.9 Å². The lowest BCUT2D eigenvalue weighted by atomic mass is 10.2. The molecule has 7 nitrogen and oxygen atoms in total. The van der Waals surface area contributed by atoms with Crippen LogP contribution in [0, 0.1) is 0 Å². The van der Waals surface area contributed by atoms with E-state index in [1.165, 1.54) is 4.68 Å². The Morgan fingerprint density at radius 1 is 1.17 bits per heavy atom. The maximum absolute atomic E-state index is 13.2. The minimum Gasteiger partial charge on any atom is -0.483 e. The number of carbonyl (C=O) groups is 1. The number of rotatable bonds is 8. The highest BCUT2D eigenvalue weighted by Gasteiger charge is 2.11. The lowest BCUT2D eigenvalue weighted by molar-refractivity contribution is -0.118. The Balaban J connectivity index is 1.56. The molecule has 0 bridgehead atoms. The van der Waals surface area contributed by atoms with Gasteiger partial charge in [0.2, 0.25) is 0 Å². The van der Waals surface area contributed by atoms with E-state index in [1.807, 2.05) is 25.1 Å². The molecule has 0 atom stereocenters. The lowest BCUT2D eigenvalue weighted by Gasteiger charge is -2.11. The average molecular weight is 554 g/mol. The molecule has 0 aliphatic carbocycles. The molecule has 1 aromatic heterocycles. The minimum atomic E-state index is -0.315. The van der Waals surface area contributed by atoms with Crippen LogP contribution in [0.2, 0.25) is 5.02 Å². The Morgan fingerprint density at radius 3 is 2.71 bits per heavy atom. The molecule has 1 amide bonds. The lowest BCUT2D eigenvalue weighted by Crippen LogP contribution is -2.22. The number of amides is 1. The molecule has 0 spiro atoms. The van der Waals surface area contributed by atoms with E-state index in [-0.39, 0.29) is 18.1 Å². The second-order valence-electron chi connectivity index (χ2n) is 7.68. The number of nitrogens with zero attached hydrogens (tertiary/aromatic N) is 3. The molecule has 178 valence electrons. The van der Waals surface area contributed by atoms with Gasteiger partial charge in [0, 0.05) is 27.2 Å². The van der Waals surface area contributed by atoms with Gasteiger partial charge in [0.1, 0.15) is 11.6 Å². The largest absolute Gasteiger partial charge is 0.483 e. The fourth-order valence-corrected chi connectivity index (χ4v) is 3.90. The monoisotopic (exact) mass is 552 g/mol. The number of carbonyl (C=O) groups excluding carboxylic acids is 1. The molecule has 0 saturated carbocycles. The normalized spacial score (nSPS) is 11.2. The first kappa shape index (κ1) is 24.6. The predicted octanol–water partition coefficient (Wildman–Crippen LogP) is 5.66. The van der Waals surface area contributed by atoms with Crippen molar-refractivity contribution in [2.75, 3.05) is 11.9 Å². The van der Waals surface area contributed by atoms with Gasteiger partial charge >= 0.3 is 0 Å². The van der Waals surface area contributed by atoms with Gasteiger partial charge in [0.15, 0.2) is 6.61 Å². The molecule has 0 aliphatic heterocycles. The van der Waals surface area contributed by atoms with E-state index in [2.05, 4.69) is 31.3 Å². The molecule has 3 aromatic carbocycles. The molecule has 0 saturated heterocycles. The van der Waals surface area contributed by atoms with Crippen molar-refractivity contribution in [1.29, 1.82) is 0 Å². The van der Waals surface area contributed by atoms with Gasteiger partial charge in [-0.1, -0.05) is 46.6 Å². The van der Waals surface area contributed by atoms with Crippen molar-refractivity contribution >= 4 is 56.2 Å². The summed E-state index contributed by atoms with van der Waals surface area (Å²) in [6.45, 7) is 1.82. The smallest absolute Gasteiger partial charge is 0.282 e. The first-order chi connectivity index (χ1) is 16.9. The van der Waals surface area contributed by atoms with Crippen molar-refractivity contribution in [1.82, 2.24) is 9.66 Å². The molecule has 35 heavy (non-hydrogen) atoms. The van der Waals surface area contributed by atoms with Crippen LogP contribution in [0.15, 0.2) is 81.1 Å². The third-order valence-corrected chi connectivity index (χ3v) is 5.81. The van der Waals surface area contributed by atoms with Gasteiger partial charge in [-0.3, -0.25) is 9.59 Å². The number of benzene rings is 3. The first-order valence-electron chi connectivity index (χ1n) is 11.0. The number of fused-ring (bicyclic) bond motifs is 1. The molecule has 1 heterocycles. The van der Waals surface area contributed by atoms with Crippen molar-refractivity contribution < 1.29 is 9.53 Å². The summed E-state index contributed by atoms with van der Waals surface area (Å²) in [4.78, 5) is 30.1. The van der Waals surface area contributed by atoms with Crippen LogP contribution in [0.3, 0.4) is 0 Å². The quantitative estimate of drug-likeness (QED) is 0.285. The molecular weight excluding hydrogens is 532 g/mol. The van der Waals surface area contributed by atoms with Crippen LogP contribution in [0.5, 0.6) is 5.75 Å². The fourth-order valence-electron chi connectivity index (χ4n) is 3.41. The molecule has 1 N–H and O–H groups in total. The van der Waals surface area contributed by atoms with Crippen molar-refractivity contribution in [2.24, 2.45) is 5.10 Å². The summed E-state index contributed by atoms with van der Waals surface area (Å²) in [6, 6.07) is 19.4. The molecule has 0 unspecified atom stereocenters. The number of aromatic nitrogens is 2. The van der Waals surface area contributed by atoms with E-state index in [4.69, 9.17) is 16.3 Å². The van der Waals surface area contributed by atoms with E-state index in [0.29, 0.717) is 45.2 Å². The van der Waals surface area contributed by atoms with Crippen LogP contribution in [-0.2, 0) is 11.2 Å². The topological polar surface area (TPSA) is 85.6 Å². The van der Waals surface area contributed by atoms with Gasteiger partial charge in [0.25, 0.3) is 11.5 Å². The highest BCUT2D eigenvalue weighted by atomic mass is 79.9. The van der Waals surface area contributed by atoms with Crippen molar-refractivity contribution in [3.8, 4) is 5.75 Å². The Kier molecular flexibility index (Phi) is 7.94. The second kappa shape index (κ2) is 11.3. The van der Waals surface area contributed by atoms with Gasteiger partial charge in [-0.15, -0.1) is 0 Å². The zero-order valence-electron chi connectivity index (χ0n) is 18.9. The summed E-state index contributed by atoms with van der Waals surface area (Å²) in [6.07, 6.45) is 2.95. The number of hydrogen-bond acceptors (Lipinski definition) is 5. The number of ether oxygens (including phenoxy) is 1. The van der Waals surface area contributed by atoms with Gasteiger partial charge in [-0.25, -0.2) is 4.98 Å². The SMILES string of the molecule is CCCc1nc2ccc(Br)cc2c(=O)n1N=Cc1ccccc1OCC(=O)Nc1ccc(Cl)cc1. The molecule has 0 aliphatic rings. The summed E-state index contributed by atoms with van der Waals surface area (Å²) in [5.41, 5.74) is 1.62. The van der Waals surface area contributed by atoms with E-state index >= 15 is 0 Å². The highest BCUT2D eigenvalue weighted by molar-refractivity contribution is 9.10. The van der Waals surface area contributed by atoms with Crippen molar-refractivity contribution in [3.63, 3.8) is 0 Å². The fraction of sp³-hybridized carbons (Fsp3) is 0.154. The van der Waals surface area contributed by atoms with Gasteiger partial charge in [-0.05, 0) is 61.0 Å². The zero-order valence-corrected chi connectivity index (χ0v) is 21.2. The van der Waals surface area contributed by atoms with Crippen LogP contribution in [0.1, 0.15) is 24.7 Å². The van der Waals surface area contributed by atoms with Crippen LogP contribution < -0.4 is 15.6 Å². The molecule has 4 aromatic rings. The third-order valence-electron chi connectivity index (χ3n) is 5.07. The molecular formula is C26H22BrClN4O3. The Bertz CT molecular complexity index is 1450. The van der Waals surface area contributed by atoms with Crippen LogP contribution in [0.4, 0.5) is 5.69 Å². The minimum absolute atomic E-state index is 0.194. The maximum atomic E-state index is 13.2.